The molecule has 1 aliphatic rings. The fraction of sp³-hybridized carbons (Fsp3) is 0.391. The van der Waals surface area contributed by atoms with Gasteiger partial charge in [-0.3, -0.25) is 4.79 Å². The van der Waals surface area contributed by atoms with Gasteiger partial charge in [-0.25, -0.2) is 4.79 Å². The zero-order valence-corrected chi connectivity index (χ0v) is 17.3. The molecule has 0 aliphatic carbocycles. The lowest BCUT2D eigenvalue weighted by Crippen LogP contribution is -2.49. The highest BCUT2D eigenvalue weighted by atomic mass is 16.5. The Kier molecular flexibility index (Phi) is 6.75. The molecular formula is C23H29N3O3. The zero-order chi connectivity index (χ0) is 20.8. The third-order valence-electron chi connectivity index (χ3n) is 5.35. The monoisotopic (exact) mass is 395 g/mol. The molecule has 0 spiro atoms. The summed E-state index contributed by atoms with van der Waals surface area (Å²) in [7, 11) is 1.64. The van der Waals surface area contributed by atoms with Crippen molar-refractivity contribution in [3.8, 4) is 5.75 Å². The van der Waals surface area contributed by atoms with E-state index >= 15 is 0 Å². The molecule has 6 heteroatoms. The summed E-state index contributed by atoms with van der Waals surface area (Å²) in [5, 5.41) is 6.14. The van der Waals surface area contributed by atoms with E-state index < -0.39 is 0 Å². The van der Waals surface area contributed by atoms with Crippen molar-refractivity contribution >= 4 is 11.9 Å². The van der Waals surface area contributed by atoms with Gasteiger partial charge in [-0.1, -0.05) is 35.9 Å². The Morgan fingerprint density at radius 1 is 1.10 bits per heavy atom. The number of aryl methyl sites for hydroxylation is 1. The molecule has 0 aromatic heterocycles. The first-order valence-electron chi connectivity index (χ1n) is 10.0. The van der Waals surface area contributed by atoms with Gasteiger partial charge in [0.1, 0.15) is 5.75 Å². The first kappa shape index (κ1) is 20.7. The van der Waals surface area contributed by atoms with E-state index in [4.69, 9.17) is 4.74 Å². The number of hydrogen-bond acceptors (Lipinski definition) is 3. The molecule has 3 amide bonds. The molecule has 1 saturated heterocycles. The van der Waals surface area contributed by atoms with Crippen LogP contribution in [0.1, 0.15) is 47.3 Å². The quantitative estimate of drug-likeness (QED) is 0.812. The van der Waals surface area contributed by atoms with Crippen molar-refractivity contribution in [2.24, 2.45) is 0 Å². The highest BCUT2D eigenvalue weighted by molar-refractivity contribution is 5.94. The number of carbonyl (C=O) groups excluding carboxylic acids is 2. The molecule has 0 bridgehead atoms. The number of hydrogen-bond donors (Lipinski definition) is 2. The summed E-state index contributed by atoms with van der Waals surface area (Å²) in [6.07, 6.45) is 1.49. The molecule has 3 rings (SSSR count). The second-order valence-electron chi connectivity index (χ2n) is 7.52. The van der Waals surface area contributed by atoms with Gasteiger partial charge in [0.2, 0.25) is 0 Å². The molecule has 1 unspecified atom stereocenters. The van der Waals surface area contributed by atoms with Crippen molar-refractivity contribution < 1.29 is 14.3 Å². The molecule has 2 N–H and O–H groups in total. The Labute approximate surface area is 172 Å². The van der Waals surface area contributed by atoms with Gasteiger partial charge < -0.3 is 20.3 Å². The number of rotatable bonds is 5. The van der Waals surface area contributed by atoms with Gasteiger partial charge in [0, 0.05) is 30.3 Å². The number of likely N-dealkylation sites (tertiary alicyclic amines) is 1. The average Bonchev–Trinajstić information content (AvgIpc) is 2.74. The van der Waals surface area contributed by atoms with Gasteiger partial charge >= 0.3 is 6.03 Å². The number of urea groups is 1. The van der Waals surface area contributed by atoms with Crippen LogP contribution in [-0.4, -0.2) is 43.1 Å². The van der Waals surface area contributed by atoms with Crippen LogP contribution in [0.5, 0.6) is 5.75 Å². The van der Waals surface area contributed by atoms with E-state index in [1.807, 2.05) is 55.1 Å². The van der Waals surface area contributed by atoms with E-state index in [1.165, 1.54) is 0 Å². The molecule has 29 heavy (non-hydrogen) atoms. The highest BCUT2D eigenvalue weighted by Gasteiger charge is 2.25. The van der Waals surface area contributed by atoms with E-state index in [1.54, 1.807) is 19.2 Å². The standard InChI is InChI=1S/C23H29N3O3/c1-16-9-10-21(29-3)20(15-16)17(2)24-23(28)26-13-11-19(12-14-26)25-22(27)18-7-5-4-6-8-18/h4-10,15,17,19H,11-14H2,1-3H3,(H,24,28)(H,25,27). The van der Waals surface area contributed by atoms with E-state index in [9.17, 15) is 9.59 Å². The van der Waals surface area contributed by atoms with Crippen LogP contribution in [0.2, 0.25) is 0 Å². The third-order valence-corrected chi connectivity index (χ3v) is 5.35. The molecule has 0 saturated carbocycles. The van der Waals surface area contributed by atoms with E-state index in [-0.39, 0.29) is 24.0 Å². The van der Waals surface area contributed by atoms with Crippen LogP contribution >= 0.6 is 0 Å². The van der Waals surface area contributed by atoms with Crippen molar-refractivity contribution in [2.75, 3.05) is 20.2 Å². The fourth-order valence-electron chi connectivity index (χ4n) is 3.63. The maximum absolute atomic E-state index is 12.7. The van der Waals surface area contributed by atoms with Crippen LogP contribution in [0, 0.1) is 6.92 Å². The van der Waals surface area contributed by atoms with Crippen LogP contribution in [0.4, 0.5) is 4.79 Å². The molecule has 1 fully saturated rings. The number of ether oxygens (including phenoxy) is 1. The molecule has 1 heterocycles. The van der Waals surface area contributed by atoms with Crippen LogP contribution in [-0.2, 0) is 0 Å². The molecule has 2 aromatic rings. The van der Waals surface area contributed by atoms with E-state index in [0.717, 1.165) is 29.7 Å². The SMILES string of the molecule is COc1ccc(C)cc1C(C)NC(=O)N1CCC(NC(=O)c2ccccc2)CC1. The van der Waals surface area contributed by atoms with Crippen molar-refractivity contribution in [3.05, 3.63) is 65.2 Å². The fourth-order valence-corrected chi connectivity index (χ4v) is 3.63. The Morgan fingerprint density at radius 2 is 1.79 bits per heavy atom. The Bertz CT molecular complexity index is 846. The minimum atomic E-state index is -0.159. The number of carbonyl (C=O) groups is 2. The smallest absolute Gasteiger partial charge is 0.317 e. The third kappa shape index (κ3) is 5.28. The van der Waals surface area contributed by atoms with Crippen molar-refractivity contribution in [1.29, 1.82) is 0 Å². The summed E-state index contributed by atoms with van der Waals surface area (Å²) >= 11 is 0. The Hall–Kier alpha value is -3.02. The summed E-state index contributed by atoms with van der Waals surface area (Å²) in [5.74, 6) is 0.708. The van der Waals surface area contributed by atoms with Gasteiger partial charge in [-0.15, -0.1) is 0 Å². The maximum Gasteiger partial charge on any atom is 0.317 e. The number of benzene rings is 2. The number of piperidine rings is 1. The van der Waals surface area contributed by atoms with Crippen LogP contribution < -0.4 is 15.4 Å². The lowest BCUT2D eigenvalue weighted by molar-refractivity contribution is 0.0917. The molecule has 2 aromatic carbocycles. The first-order chi connectivity index (χ1) is 14.0. The second kappa shape index (κ2) is 9.45. The van der Waals surface area contributed by atoms with Crippen molar-refractivity contribution in [2.45, 2.75) is 38.8 Å². The van der Waals surface area contributed by atoms with E-state index in [2.05, 4.69) is 10.6 Å². The largest absolute Gasteiger partial charge is 0.496 e. The van der Waals surface area contributed by atoms with Crippen LogP contribution in [0.25, 0.3) is 0 Å². The molecule has 1 atom stereocenters. The molecular weight excluding hydrogens is 366 g/mol. The predicted octanol–water partition coefficient (Wildman–Crippen LogP) is 3.67. The lowest BCUT2D eigenvalue weighted by atomic mass is 10.0. The Morgan fingerprint density at radius 3 is 2.45 bits per heavy atom. The topological polar surface area (TPSA) is 70.7 Å². The summed E-state index contributed by atoms with van der Waals surface area (Å²) in [4.78, 5) is 26.8. The summed E-state index contributed by atoms with van der Waals surface area (Å²) < 4.78 is 5.43. The highest BCUT2D eigenvalue weighted by Crippen LogP contribution is 2.26. The first-order valence-corrected chi connectivity index (χ1v) is 10.0. The Balaban J connectivity index is 1.51. The minimum Gasteiger partial charge on any atom is -0.496 e. The van der Waals surface area contributed by atoms with E-state index in [0.29, 0.717) is 18.7 Å². The van der Waals surface area contributed by atoms with Gasteiger partial charge in [-0.05, 0) is 44.9 Å². The second-order valence-corrected chi connectivity index (χ2v) is 7.52. The average molecular weight is 396 g/mol. The van der Waals surface area contributed by atoms with Gasteiger partial charge in [0.15, 0.2) is 0 Å². The zero-order valence-electron chi connectivity index (χ0n) is 17.3. The predicted molar refractivity (Wildman–Crippen MR) is 113 cm³/mol. The molecule has 1 aliphatic heterocycles. The molecule has 0 radical (unpaired) electrons. The number of nitrogens with zero attached hydrogens (tertiary/aromatic N) is 1. The van der Waals surface area contributed by atoms with Gasteiger partial charge in [0.05, 0.1) is 13.2 Å². The van der Waals surface area contributed by atoms with Crippen LogP contribution in [0.15, 0.2) is 48.5 Å². The normalized spacial score (nSPS) is 15.5. The molecule has 154 valence electrons. The van der Waals surface area contributed by atoms with Crippen molar-refractivity contribution in [3.63, 3.8) is 0 Å². The number of amides is 3. The maximum atomic E-state index is 12.7. The lowest BCUT2D eigenvalue weighted by Gasteiger charge is -2.33. The number of methoxy groups -OCH3 is 1. The van der Waals surface area contributed by atoms with Crippen LogP contribution in [0.3, 0.4) is 0 Å². The van der Waals surface area contributed by atoms with Gasteiger partial charge in [0.25, 0.3) is 5.91 Å². The van der Waals surface area contributed by atoms with Crippen molar-refractivity contribution in [1.82, 2.24) is 15.5 Å². The summed E-state index contributed by atoms with van der Waals surface area (Å²) in [5.41, 5.74) is 2.75. The molecule has 6 nitrogen and oxygen atoms in total. The number of nitrogens with one attached hydrogen (secondary N) is 2. The van der Waals surface area contributed by atoms with Gasteiger partial charge in [-0.2, -0.15) is 0 Å². The minimum absolute atomic E-state index is 0.0614. The summed E-state index contributed by atoms with van der Waals surface area (Å²) in [6.45, 7) is 5.21. The summed E-state index contributed by atoms with van der Waals surface area (Å²) in [6, 6.07) is 15.0.